The monoisotopic (exact) mass is 463 g/mol. The molecule has 1 N–H and O–H groups in total. The number of amides is 1. The fourth-order valence-electron chi connectivity index (χ4n) is 3.53. The van der Waals surface area contributed by atoms with E-state index in [1.165, 1.54) is 34.2 Å². The van der Waals surface area contributed by atoms with Crippen molar-refractivity contribution in [1.29, 1.82) is 0 Å². The topological polar surface area (TPSA) is 64.0 Å². The van der Waals surface area contributed by atoms with E-state index >= 15 is 0 Å². The number of thioether (sulfide) groups is 1. The molecule has 0 aliphatic heterocycles. The quantitative estimate of drug-likeness (QED) is 0.304. The van der Waals surface area contributed by atoms with Gasteiger partial charge in [-0.2, -0.15) is 0 Å². The summed E-state index contributed by atoms with van der Waals surface area (Å²) in [6.07, 6.45) is 0. The van der Waals surface area contributed by atoms with Crippen molar-refractivity contribution in [2.24, 2.45) is 0 Å². The molecule has 0 unspecified atom stereocenters. The summed E-state index contributed by atoms with van der Waals surface area (Å²) in [5, 5.41) is 5.39. The lowest BCUT2D eigenvalue weighted by atomic mass is 10.1. The van der Waals surface area contributed by atoms with Crippen LogP contribution in [0.3, 0.4) is 0 Å². The lowest BCUT2D eigenvalue weighted by Crippen LogP contribution is -2.24. The second-order valence-corrected chi connectivity index (χ2v) is 9.85. The summed E-state index contributed by atoms with van der Waals surface area (Å²) in [4.78, 5) is 30.5. The summed E-state index contributed by atoms with van der Waals surface area (Å²) in [5.74, 6) is 0.0434. The molecule has 0 aliphatic carbocycles. The van der Waals surface area contributed by atoms with Crippen molar-refractivity contribution in [2.45, 2.75) is 39.4 Å². The van der Waals surface area contributed by atoms with Gasteiger partial charge in [0.15, 0.2) is 5.16 Å². The number of hydrogen-bond donors (Lipinski definition) is 1. The lowest BCUT2D eigenvalue weighted by molar-refractivity contribution is -0.113. The molecule has 2 aromatic carbocycles. The number of benzene rings is 2. The second-order valence-electron chi connectivity index (χ2n) is 7.99. The van der Waals surface area contributed by atoms with Gasteiger partial charge in [-0.3, -0.25) is 14.2 Å². The van der Waals surface area contributed by atoms with Crippen molar-refractivity contribution < 1.29 is 4.79 Å². The van der Waals surface area contributed by atoms with Gasteiger partial charge < -0.3 is 5.32 Å². The number of carbonyl (C=O) groups excluding carboxylic acids is 1. The summed E-state index contributed by atoms with van der Waals surface area (Å²) >= 11 is 2.68. The molecule has 7 heteroatoms. The third-order valence-corrected chi connectivity index (χ3v) is 7.30. The van der Waals surface area contributed by atoms with Crippen molar-refractivity contribution in [3.8, 4) is 0 Å². The van der Waals surface area contributed by atoms with Crippen LogP contribution in [-0.2, 0) is 11.3 Å². The molecular formula is C25H25N3O2S2. The van der Waals surface area contributed by atoms with Crippen molar-refractivity contribution in [1.82, 2.24) is 9.55 Å². The number of carbonyl (C=O) groups is 1. The zero-order chi connectivity index (χ0) is 22.8. The Kier molecular flexibility index (Phi) is 6.48. The van der Waals surface area contributed by atoms with Gasteiger partial charge in [-0.25, -0.2) is 4.98 Å². The Labute approximate surface area is 195 Å². The highest BCUT2D eigenvalue weighted by atomic mass is 32.2. The molecule has 1 amide bonds. The van der Waals surface area contributed by atoms with Gasteiger partial charge in [0, 0.05) is 5.69 Å². The van der Waals surface area contributed by atoms with Crippen LogP contribution in [0.2, 0.25) is 0 Å². The molecule has 4 rings (SSSR count). The number of hydrogen-bond acceptors (Lipinski definition) is 5. The largest absolute Gasteiger partial charge is 0.325 e. The van der Waals surface area contributed by atoms with Gasteiger partial charge in [0.05, 0.1) is 17.8 Å². The number of aryl methyl sites for hydroxylation is 4. The SMILES string of the molecule is Cc1ccc(NC(=O)CSc2nc3ccsc3c(=O)n2Cc2ccc(C)c(C)c2)c(C)c1. The van der Waals surface area contributed by atoms with Crippen LogP contribution in [0, 0.1) is 27.7 Å². The second kappa shape index (κ2) is 9.30. The van der Waals surface area contributed by atoms with Crippen LogP contribution < -0.4 is 10.9 Å². The first kappa shape index (κ1) is 22.3. The molecule has 0 bridgehead atoms. The Hall–Kier alpha value is -2.90. The molecule has 0 spiro atoms. The molecule has 0 atom stereocenters. The number of rotatable bonds is 6. The molecule has 4 aromatic rings. The average Bonchev–Trinajstić information content (AvgIpc) is 3.22. The van der Waals surface area contributed by atoms with Crippen LogP contribution in [0.4, 0.5) is 5.69 Å². The molecule has 2 aromatic heterocycles. The maximum Gasteiger partial charge on any atom is 0.272 e. The van der Waals surface area contributed by atoms with Gasteiger partial charge in [0.2, 0.25) is 5.91 Å². The Morgan fingerprint density at radius 3 is 2.59 bits per heavy atom. The fraction of sp³-hybridized carbons (Fsp3) is 0.240. The predicted molar refractivity (Wildman–Crippen MR) is 134 cm³/mol. The Bertz CT molecular complexity index is 1370. The molecule has 0 saturated heterocycles. The van der Waals surface area contributed by atoms with Crippen LogP contribution in [0.15, 0.2) is 57.8 Å². The van der Waals surface area contributed by atoms with E-state index in [1.807, 2.05) is 49.6 Å². The van der Waals surface area contributed by atoms with E-state index < -0.39 is 0 Å². The van der Waals surface area contributed by atoms with E-state index in [0.717, 1.165) is 22.4 Å². The minimum absolute atomic E-state index is 0.0690. The maximum atomic E-state index is 13.2. The van der Waals surface area contributed by atoms with E-state index in [2.05, 4.69) is 31.3 Å². The van der Waals surface area contributed by atoms with Crippen molar-refractivity contribution >= 4 is 44.9 Å². The third kappa shape index (κ3) is 4.79. The Morgan fingerprint density at radius 1 is 1.03 bits per heavy atom. The smallest absolute Gasteiger partial charge is 0.272 e. The van der Waals surface area contributed by atoms with Crippen molar-refractivity contribution in [2.75, 3.05) is 11.1 Å². The first-order valence-corrected chi connectivity index (χ1v) is 12.2. The zero-order valence-corrected chi connectivity index (χ0v) is 20.2. The molecule has 0 saturated carbocycles. The van der Waals surface area contributed by atoms with Crippen LogP contribution in [0.5, 0.6) is 0 Å². The molecule has 0 radical (unpaired) electrons. The fourth-order valence-corrected chi connectivity index (χ4v) is 5.10. The minimum atomic E-state index is -0.126. The molecule has 2 heterocycles. The number of thiophene rings is 1. The molecular weight excluding hydrogens is 438 g/mol. The first-order chi connectivity index (χ1) is 15.3. The summed E-state index contributed by atoms with van der Waals surface area (Å²) in [6, 6.07) is 14.0. The minimum Gasteiger partial charge on any atom is -0.325 e. The number of anilines is 1. The summed E-state index contributed by atoms with van der Waals surface area (Å²) in [6.45, 7) is 8.55. The van der Waals surface area contributed by atoms with Gasteiger partial charge in [-0.05, 0) is 67.5 Å². The standard InChI is InChI=1S/C25H25N3O2S2/c1-15-5-8-20(18(4)11-15)26-22(29)14-32-25-27-21-9-10-31-23(21)24(30)28(25)13-19-7-6-16(2)17(3)12-19/h5-12H,13-14H2,1-4H3,(H,26,29). The van der Waals surface area contributed by atoms with Gasteiger partial charge in [0.1, 0.15) is 4.70 Å². The van der Waals surface area contributed by atoms with E-state index in [1.54, 1.807) is 4.57 Å². The number of nitrogens with one attached hydrogen (secondary N) is 1. The first-order valence-electron chi connectivity index (χ1n) is 10.4. The van der Waals surface area contributed by atoms with Crippen LogP contribution in [0.25, 0.3) is 10.2 Å². The highest BCUT2D eigenvalue weighted by molar-refractivity contribution is 7.99. The molecule has 0 aliphatic rings. The van der Waals surface area contributed by atoms with Crippen LogP contribution in [0.1, 0.15) is 27.8 Å². The maximum absolute atomic E-state index is 13.2. The van der Waals surface area contributed by atoms with Gasteiger partial charge in [-0.1, -0.05) is 47.7 Å². The third-order valence-electron chi connectivity index (χ3n) is 5.43. The lowest BCUT2D eigenvalue weighted by Gasteiger charge is -2.13. The predicted octanol–water partition coefficient (Wildman–Crippen LogP) is 5.47. The van der Waals surface area contributed by atoms with E-state index in [0.29, 0.717) is 21.9 Å². The van der Waals surface area contributed by atoms with E-state index in [-0.39, 0.29) is 17.2 Å². The average molecular weight is 464 g/mol. The zero-order valence-electron chi connectivity index (χ0n) is 18.6. The number of aromatic nitrogens is 2. The van der Waals surface area contributed by atoms with Crippen LogP contribution in [-0.4, -0.2) is 21.2 Å². The number of fused-ring (bicyclic) bond motifs is 1. The van der Waals surface area contributed by atoms with Gasteiger partial charge >= 0.3 is 0 Å². The Balaban J connectivity index is 1.59. The molecule has 5 nitrogen and oxygen atoms in total. The van der Waals surface area contributed by atoms with E-state index in [4.69, 9.17) is 4.98 Å². The summed E-state index contributed by atoms with van der Waals surface area (Å²) in [5.41, 5.74) is 7.01. The molecule has 32 heavy (non-hydrogen) atoms. The summed E-state index contributed by atoms with van der Waals surface area (Å²) < 4.78 is 2.32. The highest BCUT2D eigenvalue weighted by Crippen LogP contribution is 2.23. The normalized spacial score (nSPS) is 11.1. The van der Waals surface area contributed by atoms with Gasteiger partial charge in [-0.15, -0.1) is 11.3 Å². The van der Waals surface area contributed by atoms with Crippen LogP contribution >= 0.6 is 23.1 Å². The molecule has 164 valence electrons. The Morgan fingerprint density at radius 2 is 1.84 bits per heavy atom. The molecule has 0 fully saturated rings. The van der Waals surface area contributed by atoms with Crippen molar-refractivity contribution in [3.63, 3.8) is 0 Å². The highest BCUT2D eigenvalue weighted by Gasteiger charge is 2.15. The number of nitrogens with zero attached hydrogens (tertiary/aromatic N) is 2. The van der Waals surface area contributed by atoms with Crippen molar-refractivity contribution in [3.05, 3.63) is 86.0 Å². The van der Waals surface area contributed by atoms with E-state index in [9.17, 15) is 9.59 Å². The van der Waals surface area contributed by atoms with Gasteiger partial charge in [0.25, 0.3) is 5.56 Å². The summed E-state index contributed by atoms with van der Waals surface area (Å²) in [7, 11) is 0.